The Hall–Kier alpha value is -1.69. The lowest BCUT2D eigenvalue weighted by Gasteiger charge is -2.12. The molecule has 0 rings (SSSR count). The molecule has 96 valence electrons. The van der Waals surface area contributed by atoms with Gasteiger partial charge in [-0.2, -0.15) is 0 Å². The summed E-state index contributed by atoms with van der Waals surface area (Å²) in [6, 6.07) is -0.675. The molecule has 6 heteroatoms. The molecule has 0 bridgehead atoms. The third kappa shape index (κ3) is 9.25. The number of nitrogens with one attached hydrogen (secondary N) is 2. The van der Waals surface area contributed by atoms with E-state index in [1.807, 2.05) is 0 Å². The molecule has 0 aromatic heterocycles. The number of aliphatic carboxylic acids is 1. The van der Waals surface area contributed by atoms with Gasteiger partial charge in [-0.3, -0.25) is 14.9 Å². The topological polar surface area (TPSA) is 95.5 Å². The smallest absolute Gasteiger partial charge is 0.320 e. The van der Waals surface area contributed by atoms with E-state index in [0.717, 1.165) is 12.8 Å². The van der Waals surface area contributed by atoms with E-state index < -0.39 is 12.0 Å². The summed E-state index contributed by atoms with van der Waals surface area (Å²) in [5, 5.41) is 14.4. The minimum atomic E-state index is -0.944. The molecule has 0 aliphatic rings. The van der Waals surface area contributed by atoms with E-state index in [9.17, 15) is 14.4 Å². The predicted molar refractivity (Wildman–Crippen MR) is 62.5 cm³/mol. The first-order chi connectivity index (χ1) is 8.22. The van der Waals surface area contributed by atoms with Gasteiger partial charge >= 0.3 is 5.97 Å². The van der Waals surface area contributed by atoms with Crippen molar-refractivity contribution in [3.8, 4) is 0 Å². The van der Waals surface area contributed by atoms with Crippen molar-refractivity contribution < 1.29 is 19.5 Å². The van der Waals surface area contributed by atoms with E-state index in [0.29, 0.717) is 25.5 Å². The monoisotopic (exact) mass is 242 g/mol. The highest BCUT2D eigenvalue weighted by Gasteiger charge is 2.15. The lowest BCUT2D eigenvalue weighted by molar-refractivity contribution is -0.139. The lowest BCUT2D eigenvalue weighted by atomic mass is 10.1. The first kappa shape index (κ1) is 15.3. The van der Waals surface area contributed by atoms with Crippen LogP contribution in [-0.2, 0) is 14.4 Å². The third-order valence-corrected chi connectivity index (χ3v) is 2.10. The Morgan fingerprint density at radius 1 is 1.29 bits per heavy atom. The van der Waals surface area contributed by atoms with Crippen molar-refractivity contribution in [3.63, 3.8) is 0 Å². The van der Waals surface area contributed by atoms with Crippen molar-refractivity contribution in [1.29, 1.82) is 0 Å². The molecule has 0 saturated heterocycles. The molecule has 0 heterocycles. The number of hydrogen-bond acceptors (Lipinski definition) is 5. The maximum absolute atomic E-state index is 10.8. The molecule has 6 nitrogen and oxygen atoms in total. The van der Waals surface area contributed by atoms with Crippen LogP contribution in [0.5, 0.6) is 0 Å². The van der Waals surface area contributed by atoms with Crippen LogP contribution in [0.25, 0.3) is 0 Å². The average molecular weight is 242 g/mol. The van der Waals surface area contributed by atoms with Gasteiger partial charge in [0.1, 0.15) is 18.6 Å². The molecule has 0 aromatic carbocycles. The second-order valence-corrected chi connectivity index (χ2v) is 3.41. The zero-order valence-electron chi connectivity index (χ0n) is 9.59. The molecular formula is C11H18N2O4. The Balaban J connectivity index is 3.60. The number of rotatable bonds is 11. The number of carbonyl (C=O) groups is 3. The van der Waals surface area contributed by atoms with Gasteiger partial charge in [-0.1, -0.05) is 0 Å². The summed E-state index contributed by atoms with van der Waals surface area (Å²) >= 11 is 0. The average Bonchev–Trinajstić information content (AvgIpc) is 2.31. The molecule has 0 aliphatic carbocycles. The summed E-state index contributed by atoms with van der Waals surface area (Å²) in [6.45, 7) is 0.738. The van der Waals surface area contributed by atoms with Crippen LogP contribution >= 0.6 is 0 Å². The van der Waals surface area contributed by atoms with Gasteiger partial charge in [0, 0.05) is 6.54 Å². The quantitative estimate of drug-likeness (QED) is 0.261. The maximum Gasteiger partial charge on any atom is 0.320 e. The number of carboxylic acid groups (broad SMARTS) is 1. The van der Waals surface area contributed by atoms with Crippen molar-refractivity contribution in [2.75, 3.05) is 13.1 Å². The van der Waals surface area contributed by atoms with Crippen LogP contribution in [0.1, 0.15) is 19.3 Å². The molecule has 0 spiro atoms. The van der Waals surface area contributed by atoms with E-state index in [2.05, 4.69) is 10.6 Å². The molecule has 0 aliphatic heterocycles. The lowest BCUT2D eigenvalue weighted by Crippen LogP contribution is -2.37. The van der Waals surface area contributed by atoms with Gasteiger partial charge in [0.05, 0.1) is 6.54 Å². The van der Waals surface area contributed by atoms with E-state index >= 15 is 0 Å². The van der Waals surface area contributed by atoms with Crippen LogP contribution in [0.2, 0.25) is 0 Å². The summed E-state index contributed by atoms with van der Waals surface area (Å²) in [5.74, 6) is -0.944. The number of carboxylic acids is 1. The van der Waals surface area contributed by atoms with Crippen LogP contribution in [0.15, 0.2) is 12.3 Å². The fourth-order valence-corrected chi connectivity index (χ4v) is 1.27. The molecule has 0 aromatic rings. The Bertz CT molecular complexity index is 266. The largest absolute Gasteiger partial charge is 0.480 e. The van der Waals surface area contributed by atoms with Crippen LogP contribution < -0.4 is 10.6 Å². The van der Waals surface area contributed by atoms with Gasteiger partial charge in [0.15, 0.2) is 0 Å². The molecule has 17 heavy (non-hydrogen) atoms. The summed E-state index contributed by atoms with van der Waals surface area (Å²) in [7, 11) is 0. The van der Waals surface area contributed by atoms with E-state index in [1.165, 1.54) is 6.08 Å². The zero-order chi connectivity index (χ0) is 12.9. The first-order valence-electron chi connectivity index (χ1n) is 5.46. The Morgan fingerprint density at radius 3 is 2.65 bits per heavy atom. The Labute approximate surface area is 100 Å². The molecule has 3 N–H and O–H groups in total. The third-order valence-electron chi connectivity index (χ3n) is 2.10. The van der Waals surface area contributed by atoms with Crippen LogP contribution in [0.3, 0.4) is 0 Å². The molecule has 1 atom stereocenters. The van der Waals surface area contributed by atoms with E-state index in [-0.39, 0.29) is 6.54 Å². The van der Waals surface area contributed by atoms with Crippen molar-refractivity contribution in [1.82, 2.24) is 10.6 Å². The first-order valence-corrected chi connectivity index (χ1v) is 5.46. The molecule has 1 unspecified atom stereocenters. The minimum absolute atomic E-state index is 0.0529. The molecule has 0 radical (unpaired) electrons. The summed E-state index contributed by atoms with van der Waals surface area (Å²) in [6.07, 6.45) is 6.22. The Morgan fingerprint density at radius 2 is 2.06 bits per heavy atom. The number of unbranched alkanes of at least 4 members (excludes halogenated alkanes) is 1. The summed E-state index contributed by atoms with van der Waals surface area (Å²) in [5.41, 5.74) is 0. The van der Waals surface area contributed by atoms with Crippen molar-refractivity contribution in [2.24, 2.45) is 0 Å². The second kappa shape index (κ2) is 10.8. The van der Waals surface area contributed by atoms with Crippen molar-refractivity contribution in [2.45, 2.75) is 25.3 Å². The van der Waals surface area contributed by atoms with Gasteiger partial charge in [-0.15, -0.1) is 0 Å². The second-order valence-electron chi connectivity index (χ2n) is 3.41. The normalized spacial score (nSPS) is 12.2. The van der Waals surface area contributed by atoms with E-state index in [4.69, 9.17) is 5.11 Å². The van der Waals surface area contributed by atoms with Crippen molar-refractivity contribution >= 4 is 18.5 Å². The fraction of sp³-hybridized carbons (Fsp3) is 0.545. The van der Waals surface area contributed by atoms with Gasteiger partial charge < -0.3 is 15.2 Å². The van der Waals surface area contributed by atoms with Gasteiger partial charge in [-0.25, -0.2) is 0 Å². The number of aldehydes is 2. The molecule has 0 saturated carbocycles. The number of allylic oxidation sites excluding steroid dienone is 1. The zero-order valence-corrected chi connectivity index (χ0v) is 9.59. The van der Waals surface area contributed by atoms with Gasteiger partial charge in [-0.05, 0) is 31.5 Å². The van der Waals surface area contributed by atoms with Gasteiger partial charge in [0.25, 0.3) is 0 Å². The van der Waals surface area contributed by atoms with Crippen LogP contribution in [-0.4, -0.2) is 42.8 Å². The summed E-state index contributed by atoms with van der Waals surface area (Å²) < 4.78 is 0. The standard InChI is InChI=1S/C11H18N2O4/c14-8-3-6-12-5-2-1-4-10(11(16)17)13-7-9-15/h3,6,8-10,12-13H,1-2,4-5,7H2,(H,16,17)/b6-3+. The minimum Gasteiger partial charge on any atom is -0.480 e. The van der Waals surface area contributed by atoms with E-state index in [1.54, 1.807) is 6.20 Å². The van der Waals surface area contributed by atoms with Crippen LogP contribution in [0, 0.1) is 0 Å². The molecule has 0 amide bonds. The summed E-state index contributed by atoms with van der Waals surface area (Å²) in [4.78, 5) is 30.8. The Kier molecular flexibility index (Phi) is 9.74. The predicted octanol–water partition coefficient (Wildman–Crippen LogP) is -0.299. The van der Waals surface area contributed by atoms with Gasteiger partial charge in [0.2, 0.25) is 0 Å². The maximum atomic E-state index is 10.8. The SMILES string of the molecule is O=C/C=C/NCCCCC(NCC=O)C(=O)O. The number of carbonyl (C=O) groups excluding carboxylic acids is 2. The molecule has 0 fully saturated rings. The highest BCUT2D eigenvalue weighted by atomic mass is 16.4. The highest BCUT2D eigenvalue weighted by molar-refractivity contribution is 5.73. The van der Waals surface area contributed by atoms with Crippen LogP contribution in [0.4, 0.5) is 0 Å². The number of hydrogen-bond donors (Lipinski definition) is 3. The molecular weight excluding hydrogens is 224 g/mol. The highest BCUT2D eigenvalue weighted by Crippen LogP contribution is 2.00. The van der Waals surface area contributed by atoms with Crippen molar-refractivity contribution in [3.05, 3.63) is 12.3 Å². The fourth-order valence-electron chi connectivity index (χ4n) is 1.27.